The number of nitrogens with zero attached hydrogens (tertiary/aromatic N) is 1. The molecule has 1 heterocycles. The molecule has 0 atom stereocenters. The van der Waals surface area contributed by atoms with E-state index in [1.807, 2.05) is 0 Å². The van der Waals surface area contributed by atoms with Crippen LogP contribution in [-0.2, 0) is 9.59 Å². The zero-order chi connectivity index (χ0) is 14.4. The highest BCUT2D eigenvalue weighted by atomic mass is 79.9. The van der Waals surface area contributed by atoms with Crippen LogP contribution in [0, 0.1) is 5.82 Å². The zero-order valence-electron chi connectivity index (χ0n) is 10.5. The van der Waals surface area contributed by atoms with Crippen molar-refractivity contribution in [2.45, 2.75) is 19.4 Å². The fraction of sp³-hybridized carbons (Fsp3) is 0.333. The molecule has 1 aliphatic heterocycles. The quantitative estimate of drug-likeness (QED) is 0.603. The van der Waals surface area contributed by atoms with E-state index in [0.717, 1.165) is 6.07 Å². The van der Waals surface area contributed by atoms with Crippen molar-refractivity contribution >= 4 is 39.1 Å². The van der Waals surface area contributed by atoms with Crippen LogP contribution in [0.1, 0.15) is 13.8 Å². The van der Waals surface area contributed by atoms with Crippen LogP contribution in [0.3, 0.4) is 0 Å². The maximum absolute atomic E-state index is 13.4. The van der Waals surface area contributed by atoms with Crippen molar-refractivity contribution in [1.82, 2.24) is 5.32 Å². The van der Waals surface area contributed by atoms with Gasteiger partial charge in [0.1, 0.15) is 11.4 Å². The molecule has 2 amide bonds. The van der Waals surface area contributed by atoms with Crippen LogP contribution in [0.25, 0.3) is 0 Å². The summed E-state index contributed by atoms with van der Waals surface area (Å²) in [6, 6.07) is 2.63. The van der Waals surface area contributed by atoms with Crippen LogP contribution in [-0.4, -0.2) is 23.9 Å². The number of carbonyl (C=O) groups excluding carboxylic acids is 2. The highest BCUT2D eigenvalue weighted by molar-refractivity contribution is 9.10. The second kappa shape index (κ2) is 4.48. The van der Waals surface area contributed by atoms with Gasteiger partial charge in [0, 0.05) is 6.07 Å². The molecule has 0 aromatic heterocycles. The monoisotopic (exact) mass is 329 g/mol. The largest absolute Gasteiger partial charge is 0.397 e. The number of nitrogens with two attached hydrogens (primary N) is 1. The Labute approximate surface area is 118 Å². The van der Waals surface area contributed by atoms with Gasteiger partial charge in [-0.15, -0.1) is 0 Å². The molecule has 2 rings (SSSR count). The number of benzene rings is 1. The average molecular weight is 330 g/mol. The first-order valence-electron chi connectivity index (χ1n) is 5.60. The molecule has 0 aliphatic carbocycles. The Morgan fingerprint density at radius 2 is 2.05 bits per heavy atom. The van der Waals surface area contributed by atoms with Gasteiger partial charge in [0.25, 0.3) is 5.91 Å². The predicted octanol–water partition coefficient (Wildman–Crippen LogP) is 1.41. The van der Waals surface area contributed by atoms with Crippen molar-refractivity contribution in [1.29, 1.82) is 0 Å². The van der Waals surface area contributed by atoms with Gasteiger partial charge in [0.05, 0.1) is 22.4 Å². The van der Waals surface area contributed by atoms with E-state index in [1.165, 1.54) is 6.07 Å². The Kier molecular flexibility index (Phi) is 3.25. The fourth-order valence-electron chi connectivity index (χ4n) is 1.95. The number of nitrogens with one attached hydrogen (secondary N) is 1. The van der Waals surface area contributed by atoms with Gasteiger partial charge in [-0.2, -0.15) is 0 Å². The fourth-order valence-corrected chi connectivity index (χ4v) is 2.29. The second-order valence-corrected chi connectivity index (χ2v) is 5.70. The van der Waals surface area contributed by atoms with Crippen molar-refractivity contribution < 1.29 is 14.0 Å². The number of halogens is 2. The summed E-state index contributed by atoms with van der Waals surface area (Å²) < 4.78 is 13.6. The molecule has 7 heteroatoms. The summed E-state index contributed by atoms with van der Waals surface area (Å²) in [5.74, 6) is -1.32. The topological polar surface area (TPSA) is 75.4 Å². The van der Waals surface area contributed by atoms with Crippen molar-refractivity contribution in [3.05, 3.63) is 22.4 Å². The van der Waals surface area contributed by atoms with Crippen LogP contribution in [0.5, 0.6) is 0 Å². The molecule has 0 radical (unpaired) electrons. The van der Waals surface area contributed by atoms with E-state index in [2.05, 4.69) is 21.2 Å². The minimum atomic E-state index is -0.945. The van der Waals surface area contributed by atoms with Crippen LogP contribution >= 0.6 is 15.9 Å². The molecule has 19 heavy (non-hydrogen) atoms. The molecule has 3 N–H and O–H groups in total. The van der Waals surface area contributed by atoms with E-state index in [0.29, 0.717) is 5.69 Å². The maximum Gasteiger partial charge on any atom is 0.251 e. The van der Waals surface area contributed by atoms with Gasteiger partial charge in [0.2, 0.25) is 5.91 Å². The Bertz CT molecular complexity index is 574. The minimum Gasteiger partial charge on any atom is -0.397 e. The summed E-state index contributed by atoms with van der Waals surface area (Å²) in [6.45, 7) is 3.33. The lowest BCUT2D eigenvalue weighted by molar-refractivity contribution is -0.135. The molecule has 1 aliphatic rings. The molecule has 102 valence electrons. The summed E-state index contributed by atoms with van der Waals surface area (Å²) in [5, 5.41) is 2.27. The number of rotatable bonds is 1. The molecule has 1 aromatic carbocycles. The van der Waals surface area contributed by atoms with Crippen molar-refractivity contribution in [2.75, 3.05) is 17.2 Å². The third kappa shape index (κ3) is 2.30. The molecule has 1 saturated heterocycles. The van der Waals surface area contributed by atoms with Gasteiger partial charge >= 0.3 is 0 Å². The van der Waals surface area contributed by atoms with Gasteiger partial charge in [-0.05, 0) is 35.8 Å². The molecule has 0 bridgehead atoms. The van der Waals surface area contributed by atoms with E-state index >= 15 is 0 Å². The molecule has 0 unspecified atom stereocenters. The number of hydrogen-bond donors (Lipinski definition) is 2. The lowest BCUT2D eigenvalue weighted by atomic mass is 9.97. The van der Waals surface area contributed by atoms with E-state index in [4.69, 9.17) is 5.73 Å². The second-order valence-electron chi connectivity index (χ2n) is 4.85. The number of anilines is 2. The number of nitrogen functional groups attached to an aromatic ring is 1. The number of amides is 2. The summed E-state index contributed by atoms with van der Waals surface area (Å²) >= 11 is 3.07. The van der Waals surface area contributed by atoms with E-state index in [1.54, 1.807) is 18.7 Å². The van der Waals surface area contributed by atoms with Crippen molar-refractivity contribution in [3.8, 4) is 0 Å². The van der Waals surface area contributed by atoms with Gasteiger partial charge in [-0.1, -0.05) is 0 Å². The molecular formula is C12H13BrFN3O2. The first-order chi connectivity index (χ1) is 8.73. The van der Waals surface area contributed by atoms with Gasteiger partial charge in [-0.25, -0.2) is 4.39 Å². The van der Waals surface area contributed by atoms with Crippen LogP contribution < -0.4 is 16.0 Å². The molecule has 5 nitrogen and oxygen atoms in total. The van der Waals surface area contributed by atoms with E-state index in [-0.39, 0.29) is 16.7 Å². The standard InChI is InChI=1S/C12H13BrFN3O2/c1-12(2)11(19)16-10(18)5-17(12)9-3-6(13)7(14)4-8(9)15/h3-4H,5,15H2,1-2H3,(H,16,18,19). The first-order valence-corrected chi connectivity index (χ1v) is 6.39. The smallest absolute Gasteiger partial charge is 0.251 e. The van der Waals surface area contributed by atoms with E-state index < -0.39 is 23.2 Å². The third-order valence-corrected chi connectivity index (χ3v) is 3.75. The normalized spacial score (nSPS) is 18.4. The van der Waals surface area contributed by atoms with Gasteiger partial charge in [-0.3, -0.25) is 14.9 Å². The van der Waals surface area contributed by atoms with Crippen LogP contribution in [0.2, 0.25) is 0 Å². The zero-order valence-corrected chi connectivity index (χ0v) is 12.0. The van der Waals surface area contributed by atoms with Crippen LogP contribution in [0.15, 0.2) is 16.6 Å². The Morgan fingerprint density at radius 3 is 2.68 bits per heavy atom. The number of piperazine rings is 1. The highest BCUT2D eigenvalue weighted by Crippen LogP contribution is 2.34. The number of carbonyl (C=O) groups is 2. The van der Waals surface area contributed by atoms with Gasteiger partial charge < -0.3 is 10.6 Å². The van der Waals surface area contributed by atoms with Crippen LogP contribution in [0.4, 0.5) is 15.8 Å². The summed E-state index contributed by atoms with van der Waals surface area (Å²) in [4.78, 5) is 24.9. The summed E-state index contributed by atoms with van der Waals surface area (Å²) in [7, 11) is 0. The Hall–Kier alpha value is -1.63. The summed E-state index contributed by atoms with van der Waals surface area (Å²) in [6.07, 6.45) is 0. The molecular weight excluding hydrogens is 317 g/mol. The highest BCUT2D eigenvalue weighted by Gasteiger charge is 2.41. The molecule has 1 fully saturated rings. The predicted molar refractivity (Wildman–Crippen MR) is 73.1 cm³/mol. The average Bonchev–Trinajstić information content (AvgIpc) is 2.29. The molecule has 0 spiro atoms. The summed E-state index contributed by atoms with van der Waals surface area (Å²) in [5.41, 5.74) is 5.47. The first kappa shape index (κ1) is 13.8. The van der Waals surface area contributed by atoms with Crippen molar-refractivity contribution in [3.63, 3.8) is 0 Å². The number of hydrogen-bond acceptors (Lipinski definition) is 4. The lowest BCUT2D eigenvalue weighted by Gasteiger charge is -2.42. The van der Waals surface area contributed by atoms with Gasteiger partial charge in [0.15, 0.2) is 0 Å². The maximum atomic E-state index is 13.4. The Morgan fingerprint density at radius 1 is 1.42 bits per heavy atom. The van der Waals surface area contributed by atoms with Crippen molar-refractivity contribution in [2.24, 2.45) is 0 Å². The SMILES string of the molecule is CC1(C)C(=O)NC(=O)CN1c1cc(Br)c(F)cc1N. The molecule has 0 saturated carbocycles. The lowest BCUT2D eigenvalue weighted by Crippen LogP contribution is -2.64. The Balaban J connectivity index is 2.53. The van der Waals surface area contributed by atoms with E-state index in [9.17, 15) is 14.0 Å². The minimum absolute atomic E-state index is 0.0129. The molecule has 1 aromatic rings. The number of imide groups is 1. The third-order valence-electron chi connectivity index (χ3n) is 3.15.